The van der Waals surface area contributed by atoms with Crippen molar-refractivity contribution in [3.8, 4) is 5.75 Å². The minimum absolute atomic E-state index is 0.285. The molecule has 0 spiro atoms. The molecule has 0 saturated heterocycles. The van der Waals surface area contributed by atoms with Crippen LogP contribution in [0, 0.1) is 13.8 Å². The van der Waals surface area contributed by atoms with E-state index in [0.29, 0.717) is 18.7 Å². The summed E-state index contributed by atoms with van der Waals surface area (Å²) in [4.78, 5) is 12.9. The minimum Gasteiger partial charge on any atom is -0.497 e. The van der Waals surface area contributed by atoms with Crippen LogP contribution in [0.2, 0.25) is 0 Å². The summed E-state index contributed by atoms with van der Waals surface area (Å²) in [6, 6.07) is 12.6. The van der Waals surface area contributed by atoms with Gasteiger partial charge < -0.3 is 10.1 Å². The number of amides is 1. The molecule has 2 aromatic rings. The Morgan fingerprint density at radius 3 is 2.37 bits per heavy atom. The Hall–Kier alpha value is -2.54. The molecule has 0 radical (unpaired) electrons. The van der Waals surface area contributed by atoms with Gasteiger partial charge in [0.1, 0.15) is 11.8 Å². The average Bonchev–Trinajstić information content (AvgIpc) is 2.67. The zero-order chi connectivity index (χ0) is 22.3. The van der Waals surface area contributed by atoms with Gasteiger partial charge in [-0.1, -0.05) is 25.1 Å². The Balaban J connectivity index is 2.08. The highest BCUT2D eigenvalue weighted by molar-refractivity contribution is 7.92. The molecule has 0 saturated carbocycles. The number of sulfonamides is 1. The molecule has 0 heterocycles. The summed E-state index contributed by atoms with van der Waals surface area (Å²) in [5.74, 6) is 0.521. The molecule has 2 aromatic carbocycles. The second-order valence-corrected chi connectivity index (χ2v) is 9.43. The van der Waals surface area contributed by atoms with Crippen LogP contribution in [-0.4, -0.2) is 40.3 Å². The molecule has 0 bridgehead atoms. The Kier molecular flexibility index (Phi) is 8.29. The predicted molar refractivity (Wildman–Crippen MR) is 122 cm³/mol. The van der Waals surface area contributed by atoms with Gasteiger partial charge in [0.05, 0.1) is 19.1 Å². The molecule has 2 rings (SSSR count). The first-order chi connectivity index (χ1) is 14.2. The van der Waals surface area contributed by atoms with Crippen LogP contribution in [0.3, 0.4) is 0 Å². The number of nitrogens with zero attached hydrogens (tertiary/aromatic N) is 1. The maximum absolute atomic E-state index is 12.9. The van der Waals surface area contributed by atoms with E-state index in [1.807, 2.05) is 51.1 Å². The number of rotatable bonds is 10. The lowest BCUT2D eigenvalue weighted by Gasteiger charge is -2.30. The molecule has 164 valence electrons. The Morgan fingerprint density at radius 1 is 1.13 bits per heavy atom. The van der Waals surface area contributed by atoms with Gasteiger partial charge in [-0.15, -0.1) is 0 Å². The standard InChI is InChI=1S/C23H32N2O4S/c1-6-22(25(30(5,27)28)20-14-17(2)13-18(3)15-20)23(26)24-12-8-10-19-9-7-11-21(16-19)29-4/h7,9,11,13-16,22H,6,8,10,12H2,1-5H3,(H,24,26)/t22-/m1/s1. The highest BCUT2D eigenvalue weighted by Gasteiger charge is 2.31. The topological polar surface area (TPSA) is 75.7 Å². The van der Waals surface area contributed by atoms with Crippen LogP contribution in [0.25, 0.3) is 0 Å². The van der Waals surface area contributed by atoms with E-state index in [1.165, 1.54) is 4.31 Å². The van der Waals surface area contributed by atoms with Gasteiger partial charge in [0.2, 0.25) is 15.9 Å². The first kappa shape index (κ1) is 23.7. The lowest BCUT2D eigenvalue weighted by Crippen LogP contribution is -2.49. The molecule has 7 heteroatoms. The first-order valence-electron chi connectivity index (χ1n) is 10.1. The summed E-state index contributed by atoms with van der Waals surface area (Å²) in [5, 5.41) is 2.91. The second-order valence-electron chi connectivity index (χ2n) is 7.57. The molecule has 0 aliphatic rings. The van der Waals surface area contributed by atoms with Crippen LogP contribution in [0.4, 0.5) is 5.69 Å². The van der Waals surface area contributed by atoms with Crippen molar-refractivity contribution in [2.45, 2.75) is 46.1 Å². The Labute approximate surface area is 180 Å². The maximum Gasteiger partial charge on any atom is 0.243 e. The molecular formula is C23H32N2O4S. The zero-order valence-corrected chi connectivity index (χ0v) is 19.3. The molecule has 6 nitrogen and oxygen atoms in total. The molecule has 30 heavy (non-hydrogen) atoms. The van der Waals surface area contributed by atoms with Crippen molar-refractivity contribution >= 4 is 21.6 Å². The van der Waals surface area contributed by atoms with Crippen LogP contribution < -0.4 is 14.4 Å². The predicted octanol–water partition coefficient (Wildman–Crippen LogP) is 3.61. The van der Waals surface area contributed by atoms with Crippen molar-refractivity contribution in [3.05, 3.63) is 59.2 Å². The normalized spacial score (nSPS) is 12.3. The van der Waals surface area contributed by atoms with E-state index in [0.717, 1.165) is 41.5 Å². The van der Waals surface area contributed by atoms with E-state index >= 15 is 0 Å². The van der Waals surface area contributed by atoms with Gasteiger partial charge in [-0.05, 0) is 74.1 Å². The largest absolute Gasteiger partial charge is 0.497 e. The number of anilines is 1. The highest BCUT2D eigenvalue weighted by atomic mass is 32.2. The molecule has 0 unspecified atom stereocenters. The van der Waals surface area contributed by atoms with Crippen LogP contribution in [-0.2, 0) is 21.2 Å². The number of carbonyl (C=O) groups excluding carboxylic acids is 1. The number of nitrogens with one attached hydrogen (secondary N) is 1. The van der Waals surface area contributed by atoms with Crippen molar-refractivity contribution in [3.63, 3.8) is 0 Å². The van der Waals surface area contributed by atoms with E-state index in [2.05, 4.69) is 5.32 Å². The average molecular weight is 433 g/mol. The third-order valence-corrected chi connectivity index (χ3v) is 6.05. The van der Waals surface area contributed by atoms with Crippen molar-refractivity contribution in [1.29, 1.82) is 0 Å². The summed E-state index contributed by atoms with van der Waals surface area (Å²) in [7, 11) is -2.00. The minimum atomic E-state index is -3.63. The smallest absolute Gasteiger partial charge is 0.243 e. The van der Waals surface area contributed by atoms with E-state index in [4.69, 9.17) is 4.74 Å². The molecule has 1 N–H and O–H groups in total. The number of methoxy groups -OCH3 is 1. The number of ether oxygens (including phenoxy) is 1. The molecule has 0 aliphatic heterocycles. The summed E-state index contributed by atoms with van der Waals surface area (Å²) in [6.07, 6.45) is 3.06. The van der Waals surface area contributed by atoms with Crippen LogP contribution >= 0.6 is 0 Å². The fourth-order valence-electron chi connectivity index (χ4n) is 3.59. The number of aryl methyl sites for hydroxylation is 3. The number of hydrogen-bond donors (Lipinski definition) is 1. The van der Waals surface area contributed by atoms with Gasteiger partial charge in [0.15, 0.2) is 0 Å². The maximum atomic E-state index is 12.9. The fourth-order valence-corrected chi connectivity index (χ4v) is 4.78. The monoisotopic (exact) mass is 432 g/mol. The van der Waals surface area contributed by atoms with Crippen molar-refractivity contribution in [1.82, 2.24) is 5.32 Å². The van der Waals surface area contributed by atoms with Crippen molar-refractivity contribution in [2.75, 3.05) is 24.2 Å². The highest BCUT2D eigenvalue weighted by Crippen LogP contribution is 2.25. The Morgan fingerprint density at radius 2 is 1.80 bits per heavy atom. The molecule has 1 amide bonds. The van der Waals surface area contributed by atoms with Crippen LogP contribution in [0.1, 0.15) is 36.5 Å². The van der Waals surface area contributed by atoms with Gasteiger partial charge in [0.25, 0.3) is 0 Å². The van der Waals surface area contributed by atoms with E-state index < -0.39 is 16.1 Å². The number of benzene rings is 2. The third-order valence-electron chi connectivity index (χ3n) is 4.87. The molecule has 0 aromatic heterocycles. The molecule has 0 fully saturated rings. The molecular weight excluding hydrogens is 400 g/mol. The van der Waals surface area contributed by atoms with Gasteiger partial charge in [-0.3, -0.25) is 9.10 Å². The Bertz CT molecular complexity index is 953. The zero-order valence-electron chi connectivity index (χ0n) is 18.4. The summed E-state index contributed by atoms with van der Waals surface area (Å²) < 4.78 is 31.6. The van der Waals surface area contributed by atoms with Gasteiger partial charge in [-0.2, -0.15) is 0 Å². The first-order valence-corrected chi connectivity index (χ1v) is 12.0. The molecule has 0 aliphatic carbocycles. The van der Waals surface area contributed by atoms with Crippen LogP contribution in [0.15, 0.2) is 42.5 Å². The van der Waals surface area contributed by atoms with E-state index in [-0.39, 0.29) is 5.91 Å². The second kappa shape index (κ2) is 10.5. The van der Waals surface area contributed by atoms with Gasteiger partial charge in [-0.25, -0.2) is 8.42 Å². The summed E-state index contributed by atoms with van der Waals surface area (Å²) >= 11 is 0. The lowest BCUT2D eigenvalue weighted by atomic mass is 10.1. The van der Waals surface area contributed by atoms with Gasteiger partial charge in [0, 0.05) is 6.54 Å². The number of hydrogen-bond acceptors (Lipinski definition) is 4. The van der Waals surface area contributed by atoms with Crippen molar-refractivity contribution in [2.24, 2.45) is 0 Å². The summed E-state index contributed by atoms with van der Waals surface area (Å²) in [6.45, 7) is 6.12. The quantitative estimate of drug-likeness (QED) is 0.582. The van der Waals surface area contributed by atoms with Crippen molar-refractivity contribution < 1.29 is 17.9 Å². The van der Waals surface area contributed by atoms with Crippen LogP contribution in [0.5, 0.6) is 5.75 Å². The SMILES string of the molecule is CC[C@H](C(=O)NCCCc1cccc(OC)c1)N(c1cc(C)cc(C)c1)S(C)(=O)=O. The van der Waals surface area contributed by atoms with E-state index in [9.17, 15) is 13.2 Å². The summed E-state index contributed by atoms with van der Waals surface area (Å²) in [5.41, 5.74) is 3.55. The van der Waals surface area contributed by atoms with E-state index in [1.54, 1.807) is 19.2 Å². The van der Waals surface area contributed by atoms with Gasteiger partial charge >= 0.3 is 0 Å². The fraction of sp³-hybridized carbons (Fsp3) is 0.435. The number of carbonyl (C=O) groups is 1. The third kappa shape index (κ3) is 6.49. The molecule has 1 atom stereocenters. The lowest BCUT2D eigenvalue weighted by molar-refractivity contribution is -0.122.